The first-order valence-corrected chi connectivity index (χ1v) is 3.46. The lowest BCUT2D eigenvalue weighted by Gasteiger charge is -2.30. The van der Waals surface area contributed by atoms with Gasteiger partial charge in [-0.1, -0.05) is 0 Å². The minimum atomic E-state index is 0.00910. The van der Waals surface area contributed by atoms with Gasteiger partial charge in [0.15, 0.2) is 0 Å². The highest BCUT2D eigenvalue weighted by Crippen LogP contribution is 2.09. The first-order chi connectivity index (χ1) is 4.48. The molecule has 0 aliphatic carbocycles. The number of aliphatic hydroxyl groups excluding tert-OH is 1. The lowest BCUT2D eigenvalue weighted by molar-refractivity contribution is -0.196. The summed E-state index contributed by atoms with van der Waals surface area (Å²) < 4.78 is 0. The quantitative estimate of drug-likeness (QED) is 0.595. The second-order valence-electron chi connectivity index (χ2n) is 3.23. The molecule has 10 heavy (non-hydrogen) atoms. The van der Waals surface area contributed by atoms with Gasteiger partial charge in [-0.3, -0.25) is 4.84 Å². The molecular weight excluding hydrogens is 130 g/mol. The van der Waals surface area contributed by atoms with Crippen molar-refractivity contribution in [1.29, 1.82) is 0 Å². The average Bonchev–Trinajstić information content (AvgIpc) is 1.80. The predicted octanol–water partition coefficient (Wildman–Crippen LogP) is 0.641. The van der Waals surface area contributed by atoms with Crippen molar-refractivity contribution < 1.29 is 9.94 Å². The molecule has 0 saturated heterocycles. The van der Waals surface area contributed by atoms with Crippen molar-refractivity contribution in [2.24, 2.45) is 0 Å². The Morgan fingerprint density at radius 3 is 2.20 bits per heavy atom. The van der Waals surface area contributed by atoms with Crippen LogP contribution in [0.25, 0.3) is 0 Å². The fourth-order valence-electron chi connectivity index (χ4n) is 0.371. The molecule has 0 bridgehead atoms. The van der Waals surface area contributed by atoms with E-state index in [1.54, 1.807) is 5.06 Å². The van der Waals surface area contributed by atoms with E-state index in [9.17, 15) is 0 Å². The van der Waals surface area contributed by atoms with Gasteiger partial charge in [0.2, 0.25) is 0 Å². The molecule has 62 valence electrons. The van der Waals surface area contributed by atoms with Crippen LogP contribution < -0.4 is 0 Å². The summed E-state index contributed by atoms with van der Waals surface area (Å²) in [5.41, 5.74) is 0.00910. The summed E-state index contributed by atoms with van der Waals surface area (Å²) in [7, 11) is 1.86. The monoisotopic (exact) mass is 147 g/mol. The fraction of sp³-hybridized carbons (Fsp3) is 1.00. The molecule has 0 aromatic carbocycles. The van der Waals surface area contributed by atoms with Crippen molar-refractivity contribution in [3.8, 4) is 0 Å². The van der Waals surface area contributed by atoms with Crippen molar-refractivity contribution in [3.05, 3.63) is 0 Å². The Balaban J connectivity index is 3.52. The molecule has 3 nitrogen and oxygen atoms in total. The molecule has 0 amide bonds. The van der Waals surface area contributed by atoms with Gasteiger partial charge in [0.25, 0.3) is 0 Å². The summed E-state index contributed by atoms with van der Waals surface area (Å²) in [6.45, 7) is 6.58. The molecule has 3 heteroatoms. The van der Waals surface area contributed by atoms with E-state index in [2.05, 4.69) is 0 Å². The smallest absolute Gasteiger partial charge is 0.0916 e. The van der Waals surface area contributed by atoms with E-state index >= 15 is 0 Å². The van der Waals surface area contributed by atoms with E-state index in [1.165, 1.54) is 0 Å². The molecule has 0 spiro atoms. The Morgan fingerprint density at radius 1 is 1.40 bits per heavy atom. The van der Waals surface area contributed by atoms with E-state index in [1.807, 2.05) is 27.8 Å². The second-order valence-corrected chi connectivity index (χ2v) is 3.23. The van der Waals surface area contributed by atoms with Crippen LogP contribution in [0.2, 0.25) is 0 Å². The van der Waals surface area contributed by atoms with Crippen LogP contribution in [0.5, 0.6) is 0 Å². The zero-order valence-electron chi connectivity index (χ0n) is 7.22. The molecule has 0 aliphatic rings. The molecule has 0 rings (SSSR count). The van der Waals surface area contributed by atoms with Crippen LogP contribution in [0, 0.1) is 0 Å². The van der Waals surface area contributed by atoms with Crippen molar-refractivity contribution in [2.75, 3.05) is 20.3 Å². The number of hydrogen-bond donors (Lipinski definition) is 1. The summed E-state index contributed by atoms with van der Waals surface area (Å²) in [4.78, 5) is 5.14. The van der Waals surface area contributed by atoms with Crippen molar-refractivity contribution in [3.63, 3.8) is 0 Å². The zero-order chi connectivity index (χ0) is 8.20. The molecule has 0 atom stereocenters. The molecule has 0 radical (unpaired) electrons. The molecule has 1 N–H and O–H groups in total. The number of hydroxylamine groups is 2. The van der Waals surface area contributed by atoms with Gasteiger partial charge >= 0.3 is 0 Å². The second kappa shape index (κ2) is 3.91. The lowest BCUT2D eigenvalue weighted by atomic mass is 10.1. The van der Waals surface area contributed by atoms with Crippen LogP contribution in [-0.2, 0) is 4.84 Å². The van der Waals surface area contributed by atoms with E-state index in [0.29, 0.717) is 6.61 Å². The molecule has 0 heterocycles. The topological polar surface area (TPSA) is 32.7 Å². The number of aliphatic hydroxyl groups is 1. The van der Waals surface area contributed by atoms with Crippen LogP contribution in [0.3, 0.4) is 0 Å². The van der Waals surface area contributed by atoms with E-state index in [-0.39, 0.29) is 12.1 Å². The minimum Gasteiger partial charge on any atom is -0.394 e. The first kappa shape index (κ1) is 9.88. The van der Waals surface area contributed by atoms with E-state index in [0.717, 1.165) is 0 Å². The van der Waals surface area contributed by atoms with Crippen LogP contribution in [0.4, 0.5) is 0 Å². The third-order valence-electron chi connectivity index (χ3n) is 1.32. The molecule has 0 unspecified atom stereocenters. The molecular formula is C7H17NO2. The maximum atomic E-state index is 8.43. The Bertz CT molecular complexity index is 88.1. The molecule has 0 aromatic heterocycles. The molecule has 0 aliphatic heterocycles. The van der Waals surface area contributed by atoms with Gasteiger partial charge < -0.3 is 5.11 Å². The third-order valence-corrected chi connectivity index (χ3v) is 1.32. The number of hydrogen-bond acceptors (Lipinski definition) is 3. The van der Waals surface area contributed by atoms with Gasteiger partial charge in [0.05, 0.1) is 13.2 Å². The first-order valence-electron chi connectivity index (χ1n) is 3.46. The molecule has 0 saturated carbocycles. The van der Waals surface area contributed by atoms with Gasteiger partial charge in [-0.2, -0.15) is 5.06 Å². The largest absolute Gasteiger partial charge is 0.394 e. The average molecular weight is 147 g/mol. The Kier molecular flexibility index (Phi) is 3.86. The van der Waals surface area contributed by atoms with Crippen molar-refractivity contribution >= 4 is 0 Å². The van der Waals surface area contributed by atoms with Gasteiger partial charge in [-0.05, 0) is 20.8 Å². The van der Waals surface area contributed by atoms with E-state index < -0.39 is 0 Å². The van der Waals surface area contributed by atoms with Crippen molar-refractivity contribution in [1.82, 2.24) is 5.06 Å². The SMILES string of the molecule is CN(OCCO)C(C)(C)C. The van der Waals surface area contributed by atoms with E-state index in [4.69, 9.17) is 9.94 Å². The highest BCUT2D eigenvalue weighted by Gasteiger charge is 2.16. The summed E-state index contributed by atoms with van der Waals surface area (Å²) in [6.07, 6.45) is 0. The van der Waals surface area contributed by atoms with Crippen LogP contribution in [0.1, 0.15) is 20.8 Å². The molecule has 0 aromatic rings. The minimum absolute atomic E-state index is 0.00910. The maximum absolute atomic E-state index is 8.43. The van der Waals surface area contributed by atoms with Crippen LogP contribution in [0.15, 0.2) is 0 Å². The Morgan fingerprint density at radius 2 is 1.90 bits per heavy atom. The Labute approximate surface area is 62.6 Å². The van der Waals surface area contributed by atoms with Gasteiger partial charge in [-0.25, -0.2) is 0 Å². The van der Waals surface area contributed by atoms with Crippen LogP contribution >= 0.6 is 0 Å². The van der Waals surface area contributed by atoms with Gasteiger partial charge in [0.1, 0.15) is 0 Å². The summed E-state index contributed by atoms with van der Waals surface area (Å²) in [6, 6.07) is 0. The van der Waals surface area contributed by atoms with Crippen molar-refractivity contribution in [2.45, 2.75) is 26.3 Å². The highest BCUT2D eigenvalue weighted by atomic mass is 16.7. The number of rotatable bonds is 3. The summed E-state index contributed by atoms with van der Waals surface area (Å²) in [5, 5.41) is 10.2. The fourth-order valence-corrected chi connectivity index (χ4v) is 0.371. The van der Waals surface area contributed by atoms with Crippen LogP contribution in [-0.4, -0.2) is 36.0 Å². The summed E-state index contributed by atoms with van der Waals surface area (Å²) >= 11 is 0. The maximum Gasteiger partial charge on any atom is 0.0916 e. The number of nitrogens with zero attached hydrogens (tertiary/aromatic N) is 1. The normalized spacial score (nSPS) is 12.6. The zero-order valence-corrected chi connectivity index (χ0v) is 7.22. The standard InChI is InChI=1S/C7H17NO2/c1-7(2,3)8(4)10-6-5-9/h9H,5-6H2,1-4H3. The van der Waals surface area contributed by atoms with Gasteiger partial charge in [-0.15, -0.1) is 0 Å². The summed E-state index contributed by atoms with van der Waals surface area (Å²) in [5.74, 6) is 0. The predicted molar refractivity (Wildman–Crippen MR) is 40.6 cm³/mol. The Hall–Kier alpha value is -0.120. The van der Waals surface area contributed by atoms with Gasteiger partial charge in [0, 0.05) is 12.6 Å². The lowest BCUT2D eigenvalue weighted by Crippen LogP contribution is -2.38. The highest BCUT2D eigenvalue weighted by molar-refractivity contribution is 4.65. The molecule has 0 fully saturated rings. The third kappa shape index (κ3) is 3.82.